The van der Waals surface area contributed by atoms with Crippen LogP contribution in [0.2, 0.25) is 0 Å². The number of amides is 2. The molecule has 0 saturated carbocycles. The number of likely N-dealkylation sites (tertiary alicyclic amines) is 1. The van der Waals surface area contributed by atoms with Crippen LogP contribution in [0.25, 0.3) is 0 Å². The van der Waals surface area contributed by atoms with E-state index < -0.39 is 0 Å². The van der Waals surface area contributed by atoms with Gasteiger partial charge in [0.15, 0.2) is 0 Å². The van der Waals surface area contributed by atoms with Crippen LogP contribution in [0.4, 0.5) is 5.69 Å². The Morgan fingerprint density at radius 2 is 2.06 bits per heavy atom. The van der Waals surface area contributed by atoms with Crippen LogP contribution in [0.5, 0.6) is 0 Å². The number of anilines is 1. The van der Waals surface area contributed by atoms with E-state index in [2.05, 4.69) is 21.2 Å². The van der Waals surface area contributed by atoms with Crippen LogP contribution in [-0.4, -0.2) is 29.8 Å². The molecule has 1 fully saturated rings. The Kier molecular flexibility index (Phi) is 3.71. The monoisotopic (exact) mass is 310 g/mol. The van der Waals surface area contributed by atoms with Gasteiger partial charge in [-0.1, -0.05) is 15.9 Å². The summed E-state index contributed by atoms with van der Waals surface area (Å²) in [6, 6.07) is 5.72. The van der Waals surface area contributed by atoms with Crippen molar-refractivity contribution in [2.24, 2.45) is 5.92 Å². The van der Waals surface area contributed by atoms with Crippen molar-refractivity contribution < 1.29 is 9.59 Å². The Morgan fingerprint density at radius 1 is 1.39 bits per heavy atom. The van der Waals surface area contributed by atoms with Gasteiger partial charge in [-0.3, -0.25) is 9.59 Å². The van der Waals surface area contributed by atoms with Crippen LogP contribution < -0.4 is 5.32 Å². The third-order valence-electron chi connectivity index (χ3n) is 3.14. The van der Waals surface area contributed by atoms with Gasteiger partial charge in [-0.2, -0.15) is 0 Å². The van der Waals surface area contributed by atoms with Gasteiger partial charge in [-0.25, -0.2) is 0 Å². The van der Waals surface area contributed by atoms with Crippen LogP contribution in [-0.2, 0) is 9.59 Å². The Hall–Kier alpha value is -1.36. The number of halogens is 1. The molecule has 0 spiro atoms. The first-order chi connectivity index (χ1) is 8.47. The summed E-state index contributed by atoms with van der Waals surface area (Å²) in [6.45, 7) is 4.52. The van der Waals surface area contributed by atoms with Crippen molar-refractivity contribution in [3.05, 3.63) is 28.2 Å². The highest BCUT2D eigenvalue weighted by Gasteiger charge is 2.34. The van der Waals surface area contributed by atoms with E-state index in [1.165, 1.54) is 6.92 Å². The van der Waals surface area contributed by atoms with Gasteiger partial charge in [0.1, 0.15) is 0 Å². The van der Waals surface area contributed by atoms with Crippen molar-refractivity contribution in [1.29, 1.82) is 0 Å². The van der Waals surface area contributed by atoms with Crippen molar-refractivity contribution >= 4 is 33.4 Å². The summed E-state index contributed by atoms with van der Waals surface area (Å²) in [6.07, 6.45) is 0. The Morgan fingerprint density at radius 3 is 2.61 bits per heavy atom. The minimum Gasteiger partial charge on any atom is -0.341 e. The molecule has 0 aromatic heterocycles. The number of carbonyl (C=O) groups is 2. The molecule has 1 aromatic rings. The summed E-state index contributed by atoms with van der Waals surface area (Å²) in [5.74, 6) is -0.0752. The van der Waals surface area contributed by atoms with Crippen LogP contribution in [0.15, 0.2) is 22.7 Å². The minimum atomic E-state index is -0.0862. The van der Waals surface area contributed by atoms with Crippen molar-refractivity contribution in [3.8, 4) is 0 Å². The second-order valence-electron chi connectivity index (χ2n) is 4.57. The fourth-order valence-electron chi connectivity index (χ4n) is 1.90. The van der Waals surface area contributed by atoms with Gasteiger partial charge in [-0.15, -0.1) is 0 Å². The fourth-order valence-corrected chi connectivity index (χ4v) is 2.38. The number of nitrogens with one attached hydrogen (secondary N) is 1. The molecule has 5 heteroatoms. The topological polar surface area (TPSA) is 49.4 Å². The molecule has 0 bridgehead atoms. The predicted molar refractivity (Wildman–Crippen MR) is 73.3 cm³/mol. The highest BCUT2D eigenvalue weighted by molar-refractivity contribution is 9.10. The SMILES string of the molecule is CC(=O)N1CC(C(=O)Nc2ccc(Br)cc2C)C1. The number of nitrogens with zero attached hydrogens (tertiary/aromatic N) is 1. The Bertz CT molecular complexity index is 496. The third kappa shape index (κ3) is 2.72. The first-order valence-corrected chi connectivity index (χ1v) is 6.59. The van der Waals surface area contributed by atoms with Crippen molar-refractivity contribution in [2.45, 2.75) is 13.8 Å². The van der Waals surface area contributed by atoms with E-state index >= 15 is 0 Å². The molecule has 1 aliphatic heterocycles. The highest BCUT2D eigenvalue weighted by Crippen LogP contribution is 2.22. The van der Waals surface area contributed by atoms with Crippen LogP contribution in [0.1, 0.15) is 12.5 Å². The molecule has 18 heavy (non-hydrogen) atoms. The van der Waals surface area contributed by atoms with Gasteiger partial charge in [0.25, 0.3) is 0 Å². The van der Waals surface area contributed by atoms with E-state index in [0.29, 0.717) is 13.1 Å². The molecular formula is C13H15BrN2O2. The summed E-state index contributed by atoms with van der Waals surface area (Å²) < 4.78 is 0.990. The lowest BCUT2D eigenvalue weighted by atomic mass is 9.99. The van der Waals surface area contributed by atoms with Gasteiger partial charge >= 0.3 is 0 Å². The maximum absolute atomic E-state index is 11.9. The van der Waals surface area contributed by atoms with Gasteiger partial charge in [0.2, 0.25) is 11.8 Å². The molecule has 0 aliphatic carbocycles. The lowest BCUT2D eigenvalue weighted by Crippen LogP contribution is -2.53. The van der Waals surface area contributed by atoms with E-state index in [-0.39, 0.29) is 17.7 Å². The Balaban J connectivity index is 1.94. The number of rotatable bonds is 2. The minimum absolute atomic E-state index is 0.0158. The van der Waals surface area contributed by atoms with Crippen molar-refractivity contribution in [3.63, 3.8) is 0 Å². The second kappa shape index (κ2) is 5.10. The first kappa shape index (κ1) is 13.1. The second-order valence-corrected chi connectivity index (χ2v) is 5.49. The Labute approximate surface area is 114 Å². The quantitative estimate of drug-likeness (QED) is 0.910. The molecular weight excluding hydrogens is 296 g/mol. The lowest BCUT2D eigenvalue weighted by Gasteiger charge is -2.37. The molecule has 4 nitrogen and oxygen atoms in total. The smallest absolute Gasteiger partial charge is 0.231 e. The predicted octanol–water partition coefficient (Wildman–Crippen LogP) is 2.17. The zero-order valence-electron chi connectivity index (χ0n) is 10.4. The van der Waals surface area contributed by atoms with E-state index in [9.17, 15) is 9.59 Å². The molecule has 0 unspecified atom stereocenters. The first-order valence-electron chi connectivity index (χ1n) is 5.80. The summed E-state index contributed by atoms with van der Waals surface area (Å²) in [5, 5.41) is 2.90. The number of hydrogen-bond donors (Lipinski definition) is 1. The maximum Gasteiger partial charge on any atom is 0.231 e. The molecule has 2 rings (SSSR count). The molecule has 1 aromatic carbocycles. The number of benzene rings is 1. The number of aryl methyl sites for hydroxylation is 1. The molecule has 2 amide bonds. The molecule has 1 N–H and O–H groups in total. The lowest BCUT2D eigenvalue weighted by molar-refractivity contribution is -0.139. The summed E-state index contributed by atoms with van der Waals surface area (Å²) in [4.78, 5) is 24.6. The summed E-state index contributed by atoms with van der Waals surface area (Å²) in [5.41, 5.74) is 1.84. The highest BCUT2D eigenvalue weighted by atomic mass is 79.9. The van der Waals surface area contributed by atoms with Crippen molar-refractivity contribution in [1.82, 2.24) is 4.90 Å². The normalized spacial score (nSPS) is 15.2. The van der Waals surface area contributed by atoms with Crippen LogP contribution in [0, 0.1) is 12.8 Å². The van der Waals surface area contributed by atoms with Gasteiger partial charge in [0.05, 0.1) is 5.92 Å². The maximum atomic E-state index is 11.9. The zero-order chi connectivity index (χ0) is 13.3. The molecule has 0 atom stereocenters. The largest absolute Gasteiger partial charge is 0.341 e. The number of hydrogen-bond acceptors (Lipinski definition) is 2. The number of carbonyl (C=O) groups excluding carboxylic acids is 2. The summed E-state index contributed by atoms with van der Waals surface area (Å²) >= 11 is 3.38. The zero-order valence-corrected chi connectivity index (χ0v) is 12.0. The van der Waals surface area contributed by atoms with Gasteiger partial charge in [-0.05, 0) is 30.7 Å². The third-order valence-corrected chi connectivity index (χ3v) is 3.64. The molecule has 1 aliphatic rings. The molecule has 0 radical (unpaired) electrons. The molecule has 96 valence electrons. The van der Waals surface area contributed by atoms with Gasteiger partial charge in [0, 0.05) is 30.2 Å². The molecule has 1 saturated heterocycles. The van der Waals surface area contributed by atoms with E-state index in [1.54, 1.807) is 4.90 Å². The van der Waals surface area contributed by atoms with E-state index in [0.717, 1.165) is 15.7 Å². The molecule has 1 heterocycles. The van der Waals surface area contributed by atoms with Crippen molar-refractivity contribution in [2.75, 3.05) is 18.4 Å². The van der Waals surface area contributed by atoms with Crippen LogP contribution in [0.3, 0.4) is 0 Å². The van der Waals surface area contributed by atoms with E-state index in [1.807, 2.05) is 25.1 Å². The summed E-state index contributed by atoms with van der Waals surface area (Å²) in [7, 11) is 0. The van der Waals surface area contributed by atoms with E-state index in [4.69, 9.17) is 0 Å². The average Bonchev–Trinajstić information content (AvgIpc) is 2.19. The average molecular weight is 311 g/mol. The van der Waals surface area contributed by atoms with Crippen LogP contribution >= 0.6 is 15.9 Å². The fraction of sp³-hybridized carbons (Fsp3) is 0.385. The van der Waals surface area contributed by atoms with Gasteiger partial charge < -0.3 is 10.2 Å². The standard InChI is InChI=1S/C13H15BrN2O2/c1-8-5-11(14)3-4-12(8)15-13(18)10-6-16(7-10)9(2)17/h3-5,10H,6-7H2,1-2H3,(H,15,18).